The third-order valence-corrected chi connectivity index (χ3v) is 4.85. The van der Waals surface area contributed by atoms with Crippen LogP contribution in [0.4, 0.5) is 0 Å². The zero-order chi connectivity index (χ0) is 16.3. The summed E-state index contributed by atoms with van der Waals surface area (Å²) in [6, 6.07) is 1.17. The van der Waals surface area contributed by atoms with E-state index in [1.54, 1.807) is 23.3 Å². The highest BCUT2D eigenvalue weighted by atomic mass is 32.1. The van der Waals surface area contributed by atoms with Gasteiger partial charge in [0.2, 0.25) is 11.8 Å². The molecule has 122 valence electrons. The van der Waals surface area contributed by atoms with Crippen molar-refractivity contribution in [3.8, 4) is 0 Å². The number of nitrogens with one attached hydrogen (secondary N) is 1. The van der Waals surface area contributed by atoms with Gasteiger partial charge < -0.3 is 15.3 Å². The van der Waals surface area contributed by atoms with Crippen molar-refractivity contribution in [1.82, 2.24) is 10.2 Å². The van der Waals surface area contributed by atoms with Crippen molar-refractivity contribution in [2.75, 3.05) is 7.05 Å². The zero-order valence-electron chi connectivity index (χ0n) is 13.3. The van der Waals surface area contributed by atoms with E-state index in [4.69, 9.17) is 0 Å². The Labute approximate surface area is 135 Å². The zero-order valence-corrected chi connectivity index (χ0v) is 14.1. The van der Waals surface area contributed by atoms with Gasteiger partial charge in [0, 0.05) is 19.0 Å². The molecule has 2 N–H and O–H groups in total. The van der Waals surface area contributed by atoms with Crippen LogP contribution >= 0.6 is 11.3 Å². The Morgan fingerprint density at radius 3 is 2.64 bits per heavy atom. The Balaban J connectivity index is 1.96. The fourth-order valence-corrected chi connectivity index (χ4v) is 3.01. The number of carbonyl (C=O) groups is 2. The predicted molar refractivity (Wildman–Crippen MR) is 86.6 cm³/mol. The maximum absolute atomic E-state index is 12.6. The van der Waals surface area contributed by atoms with Gasteiger partial charge in [-0.1, -0.05) is 0 Å². The Hall–Kier alpha value is -1.40. The van der Waals surface area contributed by atoms with Crippen molar-refractivity contribution in [2.24, 2.45) is 5.92 Å². The van der Waals surface area contributed by atoms with Gasteiger partial charge in [-0.3, -0.25) is 9.59 Å². The smallest absolute Gasteiger partial charge is 0.247 e. The van der Waals surface area contributed by atoms with Gasteiger partial charge in [0.25, 0.3) is 0 Å². The number of hydrogen-bond acceptors (Lipinski definition) is 4. The van der Waals surface area contributed by atoms with E-state index in [1.165, 1.54) is 12.5 Å². The molecule has 2 rings (SSSR count). The van der Waals surface area contributed by atoms with Gasteiger partial charge in [-0.15, -0.1) is 0 Å². The Bertz CT molecular complexity index is 511. The van der Waals surface area contributed by atoms with E-state index in [0.717, 1.165) is 19.3 Å². The molecule has 1 fully saturated rings. The van der Waals surface area contributed by atoms with E-state index >= 15 is 0 Å². The molecule has 1 aliphatic carbocycles. The number of hydrogen-bond donors (Lipinski definition) is 2. The first-order chi connectivity index (χ1) is 10.4. The lowest BCUT2D eigenvalue weighted by molar-refractivity contribution is -0.140. The molecule has 1 heterocycles. The minimum absolute atomic E-state index is 0.00109. The highest BCUT2D eigenvalue weighted by Gasteiger charge is 2.35. The van der Waals surface area contributed by atoms with E-state index in [9.17, 15) is 14.7 Å². The SMILES string of the molecule is CC(O)C(NC(=O)C1CC1)C(=O)N(C)C(C)Cc1ccsc1. The molecule has 0 aromatic carbocycles. The van der Waals surface area contributed by atoms with Crippen LogP contribution in [0, 0.1) is 5.92 Å². The second kappa shape index (κ2) is 7.24. The Morgan fingerprint density at radius 1 is 1.45 bits per heavy atom. The molecule has 0 bridgehead atoms. The highest BCUT2D eigenvalue weighted by molar-refractivity contribution is 7.07. The van der Waals surface area contributed by atoms with E-state index < -0.39 is 12.1 Å². The van der Waals surface area contributed by atoms with Crippen molar-refractivity contribution < 1.29 is 14.7 Å². The summed E-state index contributed by atoms with van der Waals surface area (Å²) in [7, 11) is 1.72. The summed E-state index contributed by atoms with van der Waals surface area (Å²) in [5.41, 5.74) is 1.19. The summed E-state index contributed by atoms with van der Waals surface area (Å²) in [4.78, 5) is 26.1. The lowest BCUT2D eigenvalue weighted by atomic mass is 10.1. The molecule has 5 nitrogen and oxygen atoms in total. The van der Waals surface area contributed by atoms with Gasteiger partial charge in [0.1, 0.15) is 6.04 Å². The quantitative estimate of drug-likeness (QED) is 0.797. The van der Waals surface area contributed by atoms with Crippen LogP contribution in [0.1, 0.15) is 32.3 Å². The summed E-state index contributed by atoms with van der Waals surface area (Å²) < 4.78 is 0. The third kappa shape index (κ3) is 4.30. The lowest BCUT2D eigenvalue weighted by Crippen LogP contribution is -2.55. The number of nitrogens with zero attached hydrogens (tertiary/aromatic N) is 1. The topological polar surface area (TPSA) is 69.6 Å². The summed E-state index contributed by atoms with van der Waals surface area (Å²) >= 11 is 1.63. The number of thiophene rings is 1. The molecule has 0 spiro atoms. The molecule has 22 heavy (non-hydrogen) atoms. The fraction of sp³-hybridized carbons (Fsp3) is 0.625. The molecular formula is C16H24N2O3S. The first-order valence-electron chi connectivity index (χ1n) is 7.66. The standard InChI is InChI=1S/C16H24N2O3S/c1-10(8-12-6-7-22-9-12)18(3)16(21)14(11(2)19)17-15(20)13-4-5-13/h6-7,9-11,13-14,19H,4-5,8H2,1-3H3,(H,17,20). The Kier molecular flexibility index (Phi) is 5.58. The first-order valence-corrected chi connectivity index (χ1v) is 8.60. The van der Waals surface area contributed by atoms with Crippen LogP contribution < -0.4 is 5.32 Å². The summed E-state index contributed by atoms with van der Waals surface area (Å²) in [5.74, 6) is -0.354. The minimum Gasteiger partial charge on any atom is -0.391 e. The first kappa shape index (κ1) is 17.0. The van der Waals surface area contributed by atoms with Gasteiger partial charge in [0.15, 0.2) is 0 Å². The predicted octanol–water partition coefficient (Wildman–Crippen LogP) is 1.41. The van der Waals surface area contributed by atoms with Crippen molar-refractivity contribution in [2.45, 2.75) is 51.3 Å². The van der Waals surface area contributed by atoms with Crippen LogP contribution in [-0.2, 0) is 16.0 Å². The maximum atomic E-state index is 12.6. The number of aliphatic hydroxyl groups is 1. The fourth-order valence-electron chi connectivity index (χ4n) is 2.33. The van der Waals surface area contributed by atoms with Gasteiger partial charge in [-0.05, 0) is 55.5 Å². The summed E-state index contributed by atoms with van der Waals surface area (Å²) in [6.07, 6.45) is 1.59. The molecule has 2 amide bonds. The van der Waals surface area contributed by atoms with Crippen LogP contribution in [0.5, 0.6) is 0 Å². The number of rotatable bonds is 7. The highest BCUT2D eigenvalue weighted by Crippen LogP contribution is 2.29. The van der Waals surface area contributed by atoms with Crippen LogP contribution in [0.3, 0.4) is 0 Å². The average Bonchev–Trinajstić information content (AvgIpc) is 3.21. The number of carbonyl (C=O) groups excluding carboxylic acids is 2. The normalized spacial score (nSPS) is 18.4. The van der Waals surface area contributed by atoms with Gasteiger partial charge >= 0.3 is 0 Å². The van der Waals surface area contributed by atoms with Crippen LogP contribution in [0.15, 0.2) is 16.8 Å². The van der Waals surface area contributed by atoms with Crippen molar-refractivity contribution >= 4 is 23.2 Å². The molecule has 1 aromatic rings. The molecule has 6 heteroatoms. The minimum atomic E-state index is -0.911. The molecule has 0 saturated heterocycles. The monoisotopic (exact) mass is 324 g/mol. The van der Waals surface area contributed by atoms with Gasteiger partial charge in [-0.25, -0.2) is 0 Å². The van der Waals surface area contributed by atoms with Crippen molar-refractivity contribution in [3.05, 3.63) is 22.4 Å². The lowest BCUT2D eigenvalue weighted by Gasteiger charge is -2.30. The van der Waals surface area contributed by atoms with Crippen molar-refractivity contribution in [3.63, 3.8) is 0 Å². The molecule has 1 saturated carbocycles. The number of amides is 2. The van der Waals surface area contributed by atoms with Gasteiger partial charge in [-0.2, -0.15) is 11.3 Å². The van der Waals surface area contributed by atoms with E-state index in [-0.39, 0.29) is 23.8 Å². The molecule has 0 radical (unpaired) electrons. The Morgan fingerprint density at radius 2 is 2.14 bits per heavy atom. The van der Waals surface area contributed by atoms with Crippen LogP contribution in [0.25, 0.3) is 0 Å². The second-order valence-electron chi connectivity index (χ2n) is 6.14. The second-order valence-corrected chi connectivity index (χ2v) is 6.92. The van der Waals surface area contributed by atoms with Crippen LogP contribution in [-0.4, -0.2) is 47.1 Å². The molecule has 3 unspecified atom stereocenters. The van der Waals surface area contributed by atoms with E-state index in [2.05, 4.69) is 10.7 Å². The largest absolute Gasteiger partial charge is 0.391 e. The number of likely N-dealkylation sites (N-methyl/N-ethyl adjacent to an activating group) is 1. The molecular weight excluding hydrogens is 300 g/mol. The van der Waals surface area contributed by atoms with Crippen LogP contribution in [0.2, 0.25) is 0 Å². The summed E-state index contributed by atoms with van der Waals surface area (Å²) in [5, 5.41) is 16.6. The molecule has 3 atom stereocenters. The van der Waals surface area contributed by atoms with Gasteiger partial charge in [0.05, 0.1) is 6.10 Å². The van der Waals surface area contributed by atoms with E-state index in [0.29, 0.717) is 0 Å². The number of aliphatic hydroxyl groups excluding tert-OH is 1. The van der Waals surface area contributed by atoms with Crippen molar-refractivity contribution in [1.29, 1.82) is 0 Å². The molecule has 0 aliphatic heterocycles. The maximum Gasteiger partial charge on any atom is 0.247 e. The third-order valence-electron chi connectivity index (χ3n) is 4.11. The van der Waals surface area contributed by atoms with E-state index in [1.807, 2.05) is 18.4 Å². The average molecular weight is 324 g/mol. The molecule has 1 aromatic heterocycles. The summed E-state index contributed by atoms with van der Waals surface area (Å²) in [6.45, 7) is 3.50. The molecule has 1 aliphatic rings.